The van der Waals surface area contributed by atoms with E-state index in [1.54, 1.807) is 26.5 Å². The van der Waals surface area contributed by atoms with E-state index >= 15 is 0 Å². The molecule has 3 aromatic rings. The second-order valence-electron chi connectivity index (χ2n) is 6.58. The summed E-state index contributed by atoms with van der Waals surface area (Å²) in [6.45, 7) is 6.27. The number of aromatic nitrogens is 3. The highest BCUT2D eigenvalue weighted by Crippen LogP contribution is 2.25. The molecule has 0 saturated heterocycles. The van der Waals surface area contributed by atoms with Gasteiger partial charge >= 0.3 is 0 Å². The largest absolute Gasteiger partial charge is 0.497 e. The molecular weight excluding hydrogens is 344 g/mol. The molecule has 1 aromatic carbocycles. The highest BCUT2D eigenvalue weighted by molar-refractivity contribution is 5.98. The lowest BCUT2D eigenvalue weighted by molar-refractivity contribution is 0.0950. The fourth-order valence-electron chi connectivity index (χ4n) is 2.94. The summed E-state index contributed by atoms with van der Waals surface area (Å²) in [5, 5.41) is 8.15. The van der Waals surface area contributed by atoms with E-state index in [1.165, 1.54) is 0 Å². The topological polar surface area (TPSA) is 78.3 Å². The molecule has 3 rings (SSSR count). The first-order valence-electron chi connectivity index (χ1n) is 8.78. The second kappa shape index (κ2) is 7.65. The normalized spacial score (nSPS) is 11.0. The molecule has 0 aliphatic heterocycles. The van der Waals surface area contributed by atoms with Crippen molar-refractivity contribution in [2.75, 3.05) is 14.2 Å². The third-order valence-electron chi connectivity index (χ3n) is 4.43. The van der Waals surface area contributed by atoms with Gasteiger partial charge in [0.1, 0.15) is 11.5 Å². The van der Waals surface area contributed by atoms with E-state index in [-0.39, 0.29) is 11.9 Å². The number of carbonyl (C=O) groups excluding carboxylic acids is 1. The lowest BCUT2D eigenvalue weighted by Crippen LogP contribution is -2.24. The van der Waals surface area contributed by atoms with Gasteiger partial charge < -0.3 is 14.8 Å². The van der Waals surface area contributed by atoms with Crippen LogP contribution in [0, 0.1) is 6.92 Å². The number of nitrogens with zero attached hydrogens (tertiary/aromatic N) is 3. The van der Waals surface area contributed by atoms with Crippen molar-refractivity contribution in [3.8, 4) is 11.5 Å². The molecule has 2 heterocycles. The van der Waals surface area contributed by atoms with Gasteiger partial charge in [0.05, 0.1) is 31.7 Å². The number of amides is 1. The van der Waals surface area contributed by atoms with Crippen LogP contribution in [-0.4, -0.2) is 34.9 Å². The third kappa shape index (κ3) is 3.72. The maximum absolute atomic E-state index is 12.7. The lowest BCUT2D eigenvalue weighted by atomic mass is 10.1. The van der Waals surface area contributed by atoms with Gasteiger partial charge in [0.25, 0.3) is 5.91 Å². The molecule has 0 saturated carbocycles. The highest BCUT2D eigenvalue weighted by atomic mass is 16.5. The summed E-state index contributed by atoms with van der Waals surface area (Å²) in [4.78, 5) is 17.3. The van der Waals surface area contributed by atoms with Gasteiger partial charge in [-0.05, 0) is 39.0 Å². The van der Waals surface area contributed by atoms with Gasteiger partial charge in [0.2, 0.25) is 0 Å². The first-order valence-corrected chi connectivity index (χ1v) is 8.78. The van der Waals surface area contributed by atoms with Crippen LogP contribution in [0.5, 0.6) is 11.5 Å². The number of pyridine rings is 1. The van der Waals surface area contributed by atoms with E-state index in [2.05, 4.69) is 15.4 Å². The second-order valence-corrected chi connectivity index (χ2v) is 6.58. The number of nitrogens with one attached hydrogen (secondary N) is 1. The minimum Gasteiger partial charge on any atom is -0.497 e. The van der Waals surface area contributed by atoms with E-state index in [4.69, 9.17) is 9.47 Å². The number of ether oxygens (including phenoxy) is 2. The predicted octanol–water partition coefficient (Wildman–Crippen LogP) is 3.27. The Morgan fingerprint density at radius 2 is 2.00 bits per heavy atom. The van der Waals surface area contributed by atoms with Crippen molar-refractivity contribution in [1.29, 1.82) is 0 Å². The summed E-state index contributed by atoms with van der Waals surface area (Å²) in [6.07, 6.45) is 1.74. The SMILES string of the molecule is COc1ccc(CNC(=O)c2cc3cnn(C(C)C)c3nc2C)c(OC)c1. The van der Waals surface area contributed by atoms with Gasteiger partial charge in [-0.15, -0.1) is 0 Å². The lowest BCUT2D eigenvalue weighted by Gasteiger charge is -2.12. The first-order chi connectivity index (χ1) is 12.9. The molecule has 7 heteroatoms. The number of hydrogen-bond acceptors (Lipinski definition) is 5. The number of methoxy groups -OCH3 is 2. The molecule has 0 aliphatic rings. The molecule has 2 aromatic heterocycles. The molecule has 0 aliphatic carbocycles. The van der Waals surface area contributed by atoms with Gasteiger partial charge in [0.15, 0.2) is 5.65 Å². The fourth-order valence-corrected chi connectivity index (χ4v) is 2.94. The molecule has 0 spiro atoms. The number of hydrogen-bond donors (Lipinski definition) is 1. The summed E-state index contributed by atoms with van der Waals surface area (Å²) in [5.74, 6) is 1.19. The average molecular weight is 368 g/mol. The van der Waals surface area contributed by atoms with Gasteiger partial charge in [0, 0.05) is 29.6 Å². The Kier molecular flexibility index (Phi) is 5.30. The molecular formula is C20H24N4O3. The van der Waals surface area contributed by atoms with Crippen LogP contribution in [-0.2, 0) is 6.54 Å². The minimum atomic E-state index is -0.183. The maximum Gasteiger partial charge on any atom is 0.253 e. The molecule has 0 radical (unpaired) electrons. The minimum absolute atomic E-state index is 0.183. The Morgan fingerprint density at radius 3 is 2.67 bits per heavy atom. The molecule has 0 unspecified atom stereocenters. The van der Waals surface area contributed by atoms with Crippen LogP contribution in [0.1, 0.15) is 41.5 Å². The molecule has 1 amide bonds. The number of fused-ring (bicyclic) bond motifs is 1. The first kappa shape index (κ1) is 18.7. The molecule has 7 nitrogen and oxygen atoms in total. The van der Waals surface area contributed by atoms with Gasteiger partial charge in [-0.2, -0.15) is 5.10 Å². The summed E-state index contributed by atoms with van der Waals surface area (Å²) < 4.78 is 12.4. The molecule has 27 heavy (non-hydrogen) atoms. The Labute approximate surface area is 158 Å². The van der Waals surface area contributed by atoms with E-state index in [9.17, 15) is 4.79 Å². The van der Waals surface area contributed by atoms with Gasteiger partial charge in [-0.3, -0.25) is 4.79 Å². The van der Waals surface area contributed by atoms with Crippen molar-refractivity contribution in [3.63, 3.8) is 0 Å². The maximum atomic E-state index is 12.7. The van der Waals surface area contributed by atoms with Crippen molar-refractivity contribution in [1.82, 2.24) is 20.1 Å². The third-order valence-corrected chi connectivity index (χ3v) is 4.43. The number of rotatable bonds is 6. The molecule has 0 atom stereocenters. The van der Waals surface area contributed by atoms with Crippen LogP contribution >= 0.6 is 0 Å². The number of carbonyl (C=O) groups is 1. The molecule has 1 N–H and O–H groups in total. The van der Waals surface area contributed by atoms with Crippen LogP contribution in [0.15, 0.2) is 30.5 Å². The average Bonchev–Trinajstić information content (AvgIpc) is 3.08. The number of aryl methyl sites for hydroxylation is 1. The van der Waals surface area contributed by atoms with Crippen LogP contribution < -0.4 is 14.8 Å². The Balaban J connectivity index is 1.81. The zero-order valence-electron chi connectivity index (χ0n) is 16.2. The predicted molar refractivity (Wildman–Crippen MR) is 103 cm³/mol. The van der Waals surface area contributed by atoms with E-state index in [0.29, 0.717) is 29.3 Å². The summed E-state index contributed by atoms with van der Waals surface area (Å²) >= 11 is 0. The standard InChI is InChI=1S/C20H24N4O3/c1-12(2)24-19-15(11-22-24)8-17(13(3)23-19)20(25)21-10-14-6-7-16(26-4)9-18(14)27-5/h6-9,11-12H,10H2,1-5H3,(H,21,25). The van der Waals surface area contributed by atoms with Crippen LogP contribution in [0.2, 0.25) is 0 Å². The van der Waals surface area contributed by atoms with Crippen molar-refractivity contribution in [2.45, 2.75) is 33.4 Å². The van der Waals surface area contributed by atoms with Crippen LogP contribution in [0.3, 0.4) is 0 Å². The van der Waals surface area contributed by atoms with Gasteiger partial charge in [-0.25, -0.2) is 9.67 Å². The quantitative estimate of drug-likeness (QED) is 0.722. The van der Waals surface area contributed by atoms with E-state index < -0.39 is 0 Å². The van der Waals surface area contributed by atoms with Crippen molar-refractivity contribution < 1.29 is 14.3 Å². The van der Waals surface area contributed by atoms with E-state index in [1.807, 2.05) is 43.7 Å². The monoisotopic (exact) mass is 368 g/mol. The Hall–Kier alpha value is -3.09. The smallest absolute Gasteiger partial charge is 0.253 e. The summed E-state index contributed by atoms with van der Waals surface area (Å²) in [6, 6.07) is 7.55. The Bertz CT molecular complexity index is 979. The van der Waals surface area contributed by atoms with Crippen LogP contribution in [0.25, 0.3) is 11.0 Å². The zero-order chi connectivity index (χ0) is 19.6. The van der Waals surface area contributed by atoms with Gasteiger partial charge in [-0.1, -0.05) is 0 Å². The highest BCUT2D eigenvalue weighted by Gasteiger charge is 2.16. The van der Waals surface area contributed by atoms with Crippen molar-refractivity contribution >= 4 is 16.9 Å². The molecule has 0 fully saturated rings. The molecule has 0 bridgehead atoms. The summed E-state index contributed by atoms with van der Waals surface area (Å²) in [5.41, 5.74) is 2.87. The zero-order valence-corrected chi connectivity index (χ0v) is 16.2. The van der Waals surface area contributed by atoms with E-state index in [0.717, 1.165) is 16.6 Å². The van der Waals surface area contributed by atoms with Crippen molar-refractivity contribution in [2.24, 2.45) is 0 Å². The molecule has 142 valence electrons. The number of benzene rings is 1. The Morgan fingerprint density at radius 1 is 1.22 bits per heavy atom. The summed E-state index contributed by atoms with van der Waals surface area (Å²) in [7, 11) is 3.19. The fraction of sp³-hybridized carbons (Fsp3) is 0.350. The van der Waals surface area contributed by atoms with Crippen molar-refractivity contribution in [3.05, 3.63) is 47.3 Å². The van der Waals surface area contributed by atoms with Crippen LogP contribution in [0.4, 0.5) is 0 Å².